The molecule has 0 saturated heterocycles. The number of rotatable bonds is 4. The van der Waals surface area contributed by atoms with Gasteiger partial charge in [0.15, 0.2) is 0 Å². The molecule has 1 aromatic carbocycles. The lowest BCUT2D eigenvalue weighted by atomic mass is 9.93. The topological polar surface area (TPSA) is 37.8 Å². The van der Waals surface area contributed by atoms with Gasteiger partial charge in [0.05, 0.1) is 10.6 Å². The Kier molecular flexibility index (Phi) is 4.32. The van der Waals surface area contributed by atoms with Crippen LogP contribution in [0.5, 0.6) is 0 Å². The van der Waals surface area contributed by atoms with E-state index in [2.05, 4.69) is 47.8 Å². The normalized spacial score (nSPS) is 12.7. The van der Waals surface area contributed by atoms with Crippen molar-refractivity contribution in [1.82, 2.24) is 14.9 Å². The number of hydrogen-bond donors (Lipinski definition) is 1. The minimum Gasteiger partial charge on any atom is -0.312 e. The monoisotopic (exact) mass is 275 g/mol. The molecule has 0 aliphatic carbocycles. The molecular formula is C15H21N3S. The van der Waals surface area contributed by atoms with E-state index in [1.165, 1.54) is 38.7 Å². The molecule has 0 fully saturated rings. The van der Waals surface area contributed by atoms with Crippen LogP contribution in [0, 0.1) is 27.7 Å². The zero-order valence-corrected chi connectivity index (χ0v) is 13.1. The summed E-state index contributed by atoms with van der Waals surface area (Å²) in [5.74, 6) is 0. The standard InChI is InChI=1S/C15H21N3S/c1-9-6-10(2)13(11(3)7-9)8-14(16-5)15-12(4)17-18-19-15/h6-7,14,16H,8H2,1-5H3. The van der Waals surface area contributed by atoms with Gasteiger partial charge in [-0.15, -0.1) is 5.10 Å². The van der Waals surface area contributed by atoms with Crippen molar-refractivity contribution in [1.29, 1.82) is 0 Å². The Balaban J connectivity index is 2.32. The first-order valence-electron chi connectivity index (χ1n) is 6.55. The van der Waals surface area contributed by atoms with Crippen LogP contribution in [0.25, 0.3) is 0 Å². The van der Waals surface area contributed by atoms with Crippen LogP contribution < -0.4 is 5.32 Å². The van der Waals surface area contributed by atoms with Gasteiger partial charge in [-0.25, -0.2) is 0 Å². The zero-order valence-electron chi connectivity index (χ0n) is 12.2. The Morgan fingerprint density at radius 3 is 2.26 bits per heavy atom. The van der Waals surface area contributed by atoms with E-state index in [0.717, 1.165) is 12.1 Å². The predicted octanol–water partition coefficient (Wildman–Crippen LogP) is 3.27. The summed E-state index contributed by atoms with van der Waals surface area (Å²) in [5, 5.41) is 7.51. The summed E-state index contributed by atoms with van der Waals surface area (Å²) in [5.41, 5.74) is 6.53. The van der Waals surface area contributed by atoms with E-state index in [4.69, 9.17) is 0 Å². The molecule has 0 radical (unpaired) electrons. The van der Waals surface area contributed by atoms with E-state index >= 15 is 0 Å². The Morgan fingerprint density at radius 1 is 1.16 bits per heavy atom. The molecule has 0 aliphatic heterocycles. The summed E-state index contributed by atoms with van der Waals surface area (Å²) in [7, 11) is 2.00. The molecule has 1 unspecified atom stereocenters. The van der Waals surface area contributed by atoms with Crippen molar-refractivity contribution in [3.63, 3.8) is 0 Å². The molecule has 1 heterocycles. The molecule has 1 aromatic heterocycles. The molecule has 4 heteroatoms. The molecule has 102 valence electrons. The molecule has 1 N–H and O–H groups in total. The summed E-state index contributed by atoms with van der Waals surface area (Å²) >= 11 is 1.49. The number of aryl methyl sites for hydroxylation is 4. The Hall–Kier alpha value is -1.26. The van der Waals surface area contributed by atoms with Gasteiger partial charge in [0.1, 0.15) is 0 Å². The highest BCUT2D eigenvalue weighted by Crippen LogP contribution is 2.26. The minimum absolute atomic E-state index is 0.292. The molecule has 3 nitrogen and oxygen atoms in total. The van der Waals surface area contributed by atoms with Crippen LogP contribution in [0.2, 0.25) is 0 Å². The number of likely N-dealkylation sites (N-methyl/N-ethyl adjacent to an activating group) is 1. The number of hydrogen-bond acceptors (Lipinski definition) is 4. The van der Waals surface area contributed by atoms with E-state index in [9.17, 15) is 0 Å². The van der Waals surface area contributed by atoms with Gasteiger partial charge in [0.25, 0.3) is 0 Å². The molecule has 19 heavy (non-hydrogen) atoms. The molecule has 0 aliphatic rings. The van der Waals surface area contributed by atoms with Gasteiger partial charge < -0.3 is 5.32 Å². The lowest BCUT2D eigenvalue weighted by Gasteiger charge is -2.18. The molecule has 0 amide bonds. The van der Waals surface area contributed by atoms with Gasteiger partial charge in [0, 0.05) is 6.04 Å². The summed E-state index contributed by atoms with van der Waals surface area (Å²) in [6.45, 7) is 8.56. The van der Waals surface area contributed by atoms with Gasteiger partial charge in [-0.05, 0) is 69.4 Å². The third-order valence-electron chi connectivity index (χ3n) is 3.60. The summed E-state index contributed by atoms with van der Waals surface area (Å²) in [6.07, 6.45) is 0.985. The van der Waals surface area contributed by atoms with Crippen molar-refractivity contribution in [3.05, 3.63) is 45.0 Å². The molecule has 0 saturated carbocycles. The van der Waals surface area contributed by atoms with E-state index in [1.54, 1.807) is 0 Å². The molecule has 2 aromatic rings. The smallest absolute Gasteiger partial charge is 0.0772 e. The van der Waals surface area contributed by atoms with Crippen LogP contribution in [-0.4, -0.2) is 16.6 Å². The fraction of sp³-hybridized carbons (Fsp3) is 0.467. The largest absolute Gasteiger partial charge is 0.312 e. The van der Waals surface area contributed by atoms with Crippen molar-refractivity contribution >= 4 is 11.5 Å². The van der Waals surface area contributed by atoms with Crippen LogP contribution in [0.4, 0.5) is 0 Å². The lowest BCUT2D eigenvalue weighted by molar-refractivity contribution is 0.594. The summed E-state index contributed by atoms with van der Waals surface area (Å²) in [4.78, 5) is 1.24. The van der Waals surface area contributed by atoms with Crippen LogP contribution in [-0.2, 0) is 6.42 Å². The van der Waals surface area contributed by atoms with Gasteiger partial charge in [0.2, 0.25) is 0 Å². The van der Waals surface area contributed by atoms with Gasteiger partial charge in [-0.1, -0.05) is 22.2 Å². The van der Waals surface area contributed by atoms with Crippen molar-refractivity contribution in [3.8, 4) is 0 Å². The van der Waals surface area contributed by atoms with Crippen LogP contribution >= 0.6 is 11.5 Å². The van der Waals surface area contributed by atoms with Gasteiger partial charge >= 0.3 is 0 Å². The van der Waals surface area contributed by atoms with Crippen molar-refractivity contribution in [2.75, 3.05) is 7.05 Å². The second kappa shape index (κ2) is 5.80. The molecule has 1 atom stereocenters. The highest BCUT2D eigenvalue weighted by molar-refractivity contribution is 7.05. The number of nitrogens with zero attached hydrogens (tertiary/aromatic N) is 2. The summed E-state index contributed by atoms with van der Waals surface area (Å²) in [6, 6.07) is 4.81. The van der Waals surface area contributed by atoms with E-state index in [1.807, 2.05) is 14.0 Å². The third-order valence-corrected chi connectivity index (χ3v) is 4.54. The Bertz CT molecular complexity index is 552. The second-order valence-electron chi connectivity index (χ2n) is 5.15. The predicted molar refractivity (Wildman–Crippen MR) is 80.8 cm³/mol. The van der Waals surface area contributed by atoms with Gasteiger partial charge in [-0.3, -0.25) is 0 Å². The second-order valence-corrected chi connectivity index (χ2v) is 5.93. The SMILES string of the molecule is CNC(Cc1c(C)cc(C)cc1C)c1snnc1C. The first-order chi connectivity index (χ1) is 9.02. The summed E-state index contributed by atoms with van der Waals surface area (Å²) < 4.78 is 4.04. The highest BCUT2D eigenvalue weighted by Gasteiger charge is 2.18. The maximum absolute atomic E-state index is 4.11. The Morgan fingerprint density at radius 2 is 1.79 bits per heavy atom. The average Bonchev–Trinajstić information content (AvgIpc) is 2.75. The van der Waals surface area contributed by atoms with Gasteiger partial charge in [-0.2, -0.15) is 0 Å². The minimum atomic E-state index is 0.292. The molecular weight excluding hydrogens is 254 g/mol. The van der Waals surface area contributed by atoms with Crippen molar-refractivity contribution < 1.29 is 0 Å². The maximum Gasteiger partial charge on any atom is 0.0772 e. The van der Waals surface area contributed by atoms with E-state index < -0.39 is 0 Å². The first-order valence-corrected chi connectivity index (χ1v) is 7.33. The fourth-order valence-electron chi connectivity index (χ4n) is 2.62. The van der Waals surface area contributed by atoms with Crippen molar-refractivity contribution in [2.24, 2.45) is 0 Å². The quantitative estimate of drug-likeness (QED) is 0.930. The lowest BCUT2D eigenvalue weighted by Crippen LogP contribution is -2.19. The molecule has 0 bridgehead atoms. The zero-order chi connectivity index (χ0) is 14.0. The Labute approximate surface area is 119 Å². The van der Waals surface area contributed by atoms with Crippen LogP contribution in [0.3, 0.4) is 0 Å². The number of nitrogens with one attached hydrogen (secondary N) is 1. The number of benzene rings is 1. The van der Waals surface area contributed by atoms with E-state index in [-0.39, 0.29) is 0 Å². The van der Waals surface area contributed by atoms with E-state index in [0.29, 0.717) is 6.04 Å². The molecule has 2 rings (SSSR count). The van der Waals surface area contributed by atoms with Crippen LogP contribution in [0.1, 0.15) is 38.9 Å². The first kappa shape index (κ1) is 14.2. The highest BCUT2D eigenvalue weighted by atomic mass is 32.1. The number of aromatic nitrogens is 2. The van der Waals surface area contributed by atoms with Crippen molar-refractivity contribution in [2.45, 2.75) is 40.2 Å². The molecule has 0 spiro atoms. The third kappa shape index (κ3) is 3.01. The fourth-order valence-corrected chi connectivity index (χ4v) is 3.37. The maximum atomic E-state index is 4.11. The average molecular weight is 275 g/mol. The van der Waals surface area contributed by atoms with Crippen LogP contribution in [0.15, 0.2) is 12.1 Å².